The third-order valence-corrected chi connectivity index (χ3v) is 5.23. The summed E-state index contributed by atoms with van der Waals surface area (Å²) < 4.78 is 1.70. The van der Waals surface area contributed by atoms with Gasteiger partial charge in [0.2, 0.25) is 11.8 Å². The summed E-state index contributed by atoms with van der Waals surface area (Å²) in [5, 5.41) is 7.14. The lowest BCUT2D eigenvalue weighted by atomic mass is 10.1. The third-order valence-electron chi connectivity index (χ3n) is 5.23. The van der Waals surface area contributed by atoms with Gasteiger partial charge in [-0.1, -0.05) is 0 Å². The summed E-state index contributed by atoms with van der Waals surface area (Å²) in [5.74, 6) is 0.555. The van der Waals surface area contributed by atoms with Crippen LogP contribution < -0.4 is 10.2 Å². The van der Waals surface area contributed by atoms with E-state index in [4.69, 9.17) is 0 Å². The molecule has 0 atom stereocenters. The standard InChI is InChI=1S/C20H22N6O2/c1-12-17(13(2)26-20(23-12)21-11-22-26)5-7-19(28)24-16-4-6-18-15(10-16)8-9-25(18)14(3)27/h4,6,10-11H,5,7-9H2,1-3H3,(H,24,28). The molecule has 3 aromatic rings. The van der Waals surface area contributed by atoms with Gasteiger partial charge in [-0.25, -0.2) is 9.50 Å². The molecular formula is C20H22N6O2. The number of aromatic nitrogens is 4. The fourth-order valence-electron chi connectivity index (χ4n) is 3.79. The van der Waals surface area contributed by atoms with Crippen LogP contribution in [0.25, 0.3) is 5.78 Å². The summed E-state index contributed by atoms with van der Waals surface area (Å²) in [7, 11) is 0. The number of carbonyl (C=O) groups is 2. The lowest BCUT2D eigenvalue weighted by molar-refractivity contribution is -0.117. The Morgan fingerprint density at radius 1 is 1.25 bits per heavy atom. The van der Waals surface area contributed by atoms with Gasteiger partial charge in [-0.3, -0.25) is 9.59 Å². The van der Waals surface area contributed by atoms with E-state index in [0.29, 0.717) is 25.2 Å². The molecule has 1 aromatic carbocycles. The molecule has 0 spiro atoms. The average molecular weight is 378 g/mol. The average Bonchev–Trinajstić information content (AvgIpc) is 3.27. The minimum Gasteiger partial charge on any atom is -0.326 e. The van der Waals surface area contributed by atoms with Crippen LogP contribution in [-0.2, 0) is 22.4 Å². The van der Waals surface area contributed by atoms with Gasteiger partial charge in [0.25, 0.3) is 5.78 Å². The zero-order valence-electron chi connectivity index (χ0n) is 16.2. The van der Waals surface area contributed by atoms with Gasteiger partial charge in [-0.15, -0.1) is 0 Å². The Morgan fingerprint density at radius 3 is 2.86 bits per heavy atom. The number of rotatable bonds is 4. The third kappa shape index (κ3) is 3.21. The number of anilines is 2. The zero-order valence-corrected chi connectivity index (χ0v) is 16.2. The molecule has 8 heteroatoms. The molecule has 4 rings (SSSR count). The van der Waals surface area contributed by atoms with Gasteiger partial charge in [0, 0.05) is 42.7 Å². The maximum Gasteiger partial charge on any atom is 0.252 e. The van der Waals surface area contributed by atoms with E-state index in [2.05, 4.69) is 20.4 Å². The quantitative estimate of drug-likeness (QED) is 0.751. The Balaban J connectivity index is 1.44. The molecule has 0 fully saturated rings. The molecule has 0 saturated heterocycles. The Morgan fingerprint density at radius 2 is 2.07 bits per heavy atom. The summed E-state index contributed by atoms with van der Waals surface area (Å²) in [6.07, 6.45) is 3.21. The van der Waals surface area contributed by atoms with Crippen LogP contribution in [-0.4, -0.2) is 37.9 Å². The van der Waals surface area contributed by atoms with Crippen LogP contribution in [0.3, 0.4) is 0 Å². The Kier molecular flexibility index (Phi) is 4.54. The van der Waals surface area contributed by atoms with E-state index in [-0.39, 0.29) is 11.8 Å². The van der Waals surface area contributed by atoms with Crippen molar-refractivity contribution in [1.29, 1.82) is 0 Å². The second-order valence-corrected chi connectivity index (χ2v) is 7.05. The van der Waals surface area contributed by atoms with Crippen molar-refractivity contribution in [2.75, 3.05) is 16.8 Å². The molecule has 3 heterocycles. The molecule has 144 valence electrons. The lowest BCUT2D eigenvalue weighted by Crippen LogP contribution is -2.25. The van der Waals surface area contributed by atoms with Crippen LogP contribution in [0, 0.1) is 13.8 Å². The number of benzene rings is 1. The van der Waals surface area contributed by atoms with Crippen molar-refractivity contribution in [3.05, 3.63) is 47.0 Å². The first kappa shape index (κ1) is 18.1. The molecule has 1 aliphatic rings. The maximum atomic E-state index is 12.5. The lowest BCUT2D eigenvalue weighted by Gasteiger charge is -2.15. The molecule has 0 saturated carbocycles. The Bertz CT molecular complexity index is 1090. The molecule has 8 nitrogen and oxygen atoms in total. The fourth-order valence-corrected chi connectivity index (χ4v) is 3.79. The van der Waals surface area contributed by atoms with Crippen LogP contribution in [0.4, 0.5) is 11.4 Å². The summed E-state index contributed by atoms with van der Waals surface area (Å²) in [4.78, 5) is 34.4. The highest BCUT2D eigenvalue weighted by Gasteiger charge is 2.22. The van der Waals surface area contributed by atoms with Gasteiger partial charge >= 0.3 is 0 Å². The van der Waals surface area contributed by atoms with Crippen LogP contribution in [0.1, 0.15) is 35.9 Å². The van der Waals surface area contributed by atoms with E-state index < -0.39 is 0 Å². The number of aryl methyl sites for hydroxylation is 2. The van der Waals surface area contributed by atoms with Gasteiger partial charge in [0.15, 0.2) is 0 Å². The highest BCUT2D eigenvalue weighted by atomic mass is 16.2. The predicted octanol–water partition coefficient (Wildman–Crippen LogP) is 2.22. The van der Waals surface area contributed by atoms with Crippen molar-refractivity contribution in [2.24, 2.45) is 0 Å². The highest BCUT2D eigenvalue weighted by Crippen LogP contribution is 2.30. The van der Waals surface area contributed by atoms with Crippen molar-refractivity contribution in [3.63, 3.8) is 0 Å². The molecule has 0 bridgehead atoms. The number of hydrogen-bond donors (Lipinski definition) is 1. The predicted molar refractivity (Wildman–Crippen MR) is 105 cm³/mol. The van der Waals surface area contributed by atoms with Gasteiger partial charge in [-0.05, 0) is 56.0 Å². The van der Waals surface area contributed by atoms with Crippen LogP contribution >= 0.6 is 0 Å². The molecule has 2 aromatic heterocycles. The number of amides is 2. The number of carbonyl (C=O) groups excluding carboxylic acids is 2. The molecule has 2 amide bonds. The smallest absolute Gasteiger partial charge is 0.252 e. The Labute approximate surface area is 162 Å². The van der Waals surface area contributed by atoms with Gasteiger partial charge in [-0.2, -0.15) is 10.1 Å². The van der Waals surface area contributed by atoms with Crippen LogP contribution in [0.2, 0.25) is 0 Å². The van der Waals surface area contributed by atoms with Gasteiger partial charge in [0.1, 0.15) is 6.33 Å². The molecule has 0 radical (unpaired) electrons. The molecule has 0 unspecified atom stereocenters. The van der Waals surface area contributed by atoms with Crippen LogP contribution in [0.15, 0.2) is 24.5 Å². The van der Waals surface area contributed by atoms with E-state index in [1.165, 1.54) is 6.33 Å². The molecule has 1 aliphatic heterocycles. The molecule has 28 heavy (non-hydrogen) atoms. The maximum absolute atomic E-state index is 12.5. The monoisotopic (exact) mass is 378 g/mol. The first-order valence-corrected chi connectivity index (χ1v) is 9.30. The van der Waals surface area contributed by atoms with E-state index in [1.807, 2.05) is 32.0 Å². The summed E-state index contributed by atoms with van der Waals surface area (Å²) in [6, 6.07) is 5.70. The summed E-state index contributed by atoms with van der Waals surface area (Å²) in [5.41, 5.74) is 5.61. The first-order valence-electron chi connectivity index (χ1n) is 9.30. The van der Waals surface area contributed by atoms with Crippen molar-refractivity contribution < 1.29 is 9.59 Å². The number of fused-ring (bicyclic) bond motifs is 2. The summed E-state index contributed by atoms with van der Waals surface area (Å²) >= 11 is 0. The number of nitrogens with zero attached hydrogens (tertiary/aromatic N) is 5. The second-order valence-electron chi connectivity index (χ2n) is 7.05. The fraction of sp³-hybridized carbons (Fsp3) is 0.350. The number of hydrogen-bond acceptors (Lipinski definition) is 5. The van der Waals surface area contributed by atoms with E-state index in [9.17, 15) is 9.59 Å². The minimum atomic E-state index is -0.0566. The van der Waals surface area contributed by atoms with Crippen LogP contribution in [0.5, 0.6) is 0 Å². The molecule has 0 aliphatic carbocycles. The van der Waals surface area contributed by atoms with E-state index >= 15 is 0 Å². The minimum absolute atomic E-state index is 0.0410. The topological polar surface area (TPSA) is 92.5 Å². The Hall–Kier alpha value is -3.29. The van der Waals surface area contributed by atoms with Crippen molar-refractivity contribution in [2.45, 2.75) is 40.0 Å². The van der Waals surface area contributed by atoms with Gasteiger partial charge in [0.05, 0.1) is 0 Å². The SMILES string of the molecule is CC(=O)N1CCc2cc(NC(=O)CCc3c(C)nc4ncnn4c3C)ccc21. The number of nitrogens with one attached hydrogen (secondary N) is 1. The van der Waals surface area contributed by atoms with Crippen molar-refractivity contribution in [1.82, 2.24) is 19.6 Å². The van der Waals surface area contributed by atoms with Gasteiger partial charge < -0.3 is 10.2 Å². The van der Waals surface area contributed by atoms with Crippen molar-refractivity contribution in [3.8, 4) is 0 Å². The molecular weight excluding hydrogens is 356 g/mol. The van der Waals surface area contributed by atoms with Crippen molar-refractivity contribution >= 4 is 29.0 Å². The second kappa shape index (κ2) is 7.03. The normalized spacial score (nSPS) is 13.0. The largest absolute Gasteiger partial charge is 0.326 e. The first-order chi connectivity index (χ1) is 13.4. The van der Waals surface area contributed by atoms with E-state index in [0.717, 1.165) is 40.3 Å². The highest BCUT2D eigenvalue weighted by molar-refractivity contribution is 5.95. The van der Waals surface area contributed by atoms with E-state index in [1.54, 1.807) is 16.3 Å². The summed E-state index contributed by atoms with van der Waals surface area (Å²) in [6.45, 7) is 6.15. The zero-order chi connectivity index (χ0) is 19.8. The molecule has 1 N–H and O–H groups in total.